The number of nitrogens with one attached hydrogen (secondary N) is 4. The van der Waals surface area contributed by atoms with Crippen LogP contribution in [-0.2, 0) is 25.9 Å². The molecule has 0 aliphatic heterocycles. The van der Waals surface area contributed by atoms with Gasteiger partial charge in [0.15, 0.2) is 0 Å². The normalized spacial score (nSPS) is 15.5. The number of pyridine rings is 1. The van der Waals surface area contributed by atoms with Crippen LogP contribution in [0.3, 0.4) is 0 Å². The third-order valence-corrected chi connectivity index (χ3v) is 13.8. The van der Waals surface area contributed by atoms with E-state index in [9.17, 15) is 24.6 Å². The van der Waals surface area contributed by atoms with Crippen molar-refractivity contribution in [3.05, 3.63) is 99.8 Å². The second-order valence-electron chi connectivity index (χ2n) is 17.4. The van der Waals surface area contributed by atoms with Crippen molar-refractivity contribution >= 4 is 23.5 Å². The van der Waals surface area contributed by atoms with Crippen LogP contribution in [0.15, 0.2) is 79.1 Å². The number of aliphatic hydroxyl groups is 1. The van der Waals surface area contributed by atoms with Crippen molar-refractivity contribution in [2.45, 2.75) is 89.0 Å². The SMILES string of the molecule is Cc1[nH]nc(C[I-]c2ccc(Oc3cccc(OCC(=O)N[C@@H](CCC(C)(C)C)C(=O)O)c3)nc2)c1-c1ccc(NC(=O)[C@@H](NC(O)c2ccnn2C)C(C2CC2)C2CC2)cc1. The molecule has 2 aliphatic carbocycles. The number of benzene rings is 2. The van der Waals surface area contributed by atoms with Gasteiger partial charge in [0, 0.05) is 13.2 Å². The van der Waals surface area contributed by atoms with Crippen molar-refractivity contribution in [3.63, 3.8) is 0 Å². The number of carbonyl (C=O) groups excluding carboxylic acids is 2. The van der Waals surface area contributed by atoms with Gasteiger partial charge in [0.2, 0.25) is 0 Å². The van der Waals surface area contributed by atoms with E-state index in [0.717, 1.165) is 56.2 Å². The number of amides is 2. The van der Waals surface area contributed by atoms with Crippen molar-refractivity contribution in [2.75, 3.05) is 11.9 Å². The number of hydrogen-bond donors (Lipinski definition) is 6. The Morgan fingerprint density at radius 3 is 2.35 bits per heavy atom. The molecule has 62 heavy (non-hydrogen) atoms. The first-order chi connectivity index (χ1) is 29.7. The summed E-state index contributed by atoms with van der Waals surface area (Å²) in [6, 6.07) is 18.8. The fraction of sp³-hybridized carbons (Fsp3) is 0.435. The Hall–Kier alpha value is -5.33. The molecular formula is C46H56IN8O7-. The molecule has 2 aromatic carbocycles. The van der Waals surface area contributed by atoms with Crippen LogP contribution < -0.4 is 46.6 Å². The summed E-state index contributed by atoms with van der Waals surface area (Å²) in [5.74, 6) is 0.702. The molecule has 15 nitrogen and oxygen atoms in total. The molecule has 330 valence electrons. The summed E-state index contributed by atoms with van der Waals surface area (Å²) in [4.78, 5) is 42.7. The third-order valence-electron chi connectivity index (χ3n) is 11.2. The maximum atomic E-state index is 13.9. The molecule has 3 heterocycles. The number of aromatic nitrogens is 5. The minimum absolute atomic E-state index is 0.0535. The Kier molecular flexibility index (Phi) is 14.3. The molecule has 7 rings (SSSR count). The number of rotatable bonds is 21. The first-order valence-electron chi connectivity index (χ1n) is 21.1. The Morgan fingerprint density at radius 1 is 1.00 bits per heavy atom. The van der Waals surface area contributed by atoms with Crippen LogP contribution in [0.1, 0.15) is 82.6 Å². The van der Waals surface area contributed by atoms with Crippen LogP contribution in [0.25, 0.3) is 11.1 Å². The predicted molar refractivity (Wildman–Crippen MR) is 228 cm³/mol. The van der Waals surface area contributed by atoms with E-state index in [4.69, 9.17) is 9.47 Å². The molecule has 16 heteroatoms. The standard InChI is InChI=1S/C46H56IN8O7/c1-27-40(28-13-16-32(17-14-28)50-44(58)42(41(29-9-10-29)30-11-12-30)52-43(57)37-20-22-49-55(37)5)36(54-53-27)24-47-31-15-18-39(48-25-31)62-34-8-6-7-33(23-34)61-26-38(56)51-35(45(59)60)19-21-46(2,3)4/h6-8,13-18,20,22-23,25,29-30,35,41-43,52,57H,9-12,19,21,24,26H2,1-5H3,(H,50,58)(H,51,56)(H,53,54)(H,59,60)/q-1/t35-,42-,43?/m0/s1. The number of aryl methyl sites for hydroxylation is 2. The van der Waals surface area contributed by atoms with Gasteiger partial charge in [-0.2, -0.15) is 5.10 Å². The number of anilines is 1. The van der Waals surface area contributed by atoms with Crippen LogP contribution >= 0.6 is 0 Å². The van der Waals surface area contributed by atoms with Gasteiger partial charge in [-0.05, 0) is 50.0 Å². The fourth-order valence-electron chi connectivity index (χ4n) is 7.67. The number of hydrogen-bond acceptors (Lipinski definition) is 10. The monoisotopic (exact) mass is 959 g/mol. The fourth-order valence-corrected chi connectivity index (χ4v) is 9.79. The number of halogens is 1. The first-order valence-corrected chi connectivity index (χ1v) is 23.7. The van der Waals surface area contributed by atoms with Gasteiger partial charge in [-0.25, -0.2) is 4.79 Å². The van der Waals surface area contributed by atoms with Crippen LogP contribution in [0.5, 0.6) is 17.4 Å². The summed E-state index contributed by atoms with van der Waals surface area (Å²) in [6.07, 6.45) is 7.88. The summed E-state index contributed by atoms with van der Waals surface area (Å²) >= 11 is -0.500. The zero-order valence-electron chi connectivity index (χ0n) is 35.7. The van der Waals surface area contributed by atoms with Crippen LogP contribution in [0.4, 0.5) is 5.69 Å². The van der Waals surface area contributed by atoms with E-state index in [1.807, 2.05) is 70.3 Å². The number of carboxylic acid groups (broad SMARTS) is 1. The number of H-pyrrole nitrogens is 1. The van der Waals surface area contributed by atoms with E-state index in [1.165, 1.54) is 0 Å². The van der Waals surface area contributed by atoms with Gasteiger partial charge in [-0.3, -0.25) is 4.68 Å². The van der Waals surface area contributed by atoms with Gasteiger partial charge in [-0.1, -0.05) is 20.8 Å². The minimum atomic E-state index is -1.07. The maximum absolute atomic E-state index is 13.9. The number of alkyl halides is 1. The molecule has 5 aromatic rings. The van der Waals surface area contributed by atoms with Crippen molar-refractivity contribution in [2.24, 2.45) is 30.2 Å². The Bertz CT molecular complexity index is 2300. The number of aliphatic carboxylic acids is 1. The van der Waals surface area contributed by atoms with Crippen molar-refractivity contribution < 1.29 is 55.3 Å². The van der Waals surface area contributed by atoms with Crippen molar-refractivity contribution in [1.29, 1.82) is 0 Å². The molecule has 6 N–H and O–H groups in total. The van der Waals surface area contributed by atoms with E-state index in [1.54, 1.807) is 48.3 Å². The van der Waals surface area contributed by atoms with Gasteiger partial charge in [0.1, 0.15) is 6.04 Å². The summed E-state index contributed by atoms with van der Waals surface area (Å²) < 4.78 is 15.1. The molecule has 0 spiro atoms. The number of ether oxygens (including phenoxy) is 2. The zero-order chi connectivity index (χ0) is 44.0. The Balaban J connectivity index is 0.919. The first kappa shape index (κ1) is 44.7. The molecule has 3 aromatic heterocycles. The molecule has 2 fully saturated rings. The summed E-state index contributed by atoms with van der Waals surface area (Å²) in [5, 5.41) is 41.6. The molecule has 0 saturated heterocycles. The second-order valence-corrected chi connectivity index (χ2v) is 20.2. The van der Waals surface area contributed by atoms with Gasteiger partial charge in [-0.15, -0.1) is 0 Å². The topological polar surface area (TPSA) is 206 Å². The molecular weight excluding hydrogens is 903 g/mol. The van der Waals surface area contributed by atoms with Crippen LogP contribution in [0.2, 0.25) is 0 Å². The van der Waals surface area contributed by atoms with E-state index >= 15 is 0 Å². The average molecular weight is 960 g/mol. The summed E-state index contributed by atoms with van der Waals surface area (Å²) in [7, 11) is 1.78. The number of aliphatic hydroxyl groups excluding tert-OH is 1. The molecule has 2 saturated carbocycles. The average Bonchev–Trinajstić information content (AvgIpc) is 4.18. The van der Waals surface area contributed by atoms with Gasteiger partial charge in [0.25, 0.3) is 0 Å². The van der Waals surface area contributed by atoms with Crippen molar-refractivity contribution in [1.82, 2.24) is 35.6 Å². The van der Waals surface area contributed by atoms with Crippen LogP contribution in [-0.4, -0.2) is 71.6 Å². The summed E-state index contributed by atoms with van der Waals surface area (Å²) in [5.41, 5.74) is 5.21. The number of carbonyl (C=O) groups is 3. The molecule has 1 unspecified atom stereocenters. The van der Waals surface area contributed by atoms with E-state index in [2.05, 4.69) is 36.2 Å². The van der Waals surface area contributed by atoms with Crippen molar-refractivity contribution in [3.8, 4) is 28.5 Å². The number of nitrogens with zero attached hydrogens (tertiary/aromatic N) is 4. The predicted octanol–water partition coefficient (Wildman–Crippen LogP) is 3.56. The van der Waals surface area contributed by atoms with Gasteiger partial charge < -0.3 is 10.2 Å². The molecule has 0 bridgehead atoms. The quantitative estimate of drug-likeness (QED) is 0.0357. The zero-order valence-corrected chi connectivity index (χ0v) is 37.9. The molecule has 0 radical (unpaired) electrons. The van der Waals surface area contributed by atoms with E-state index in [0.29, 0.717) is 53.4 Å². The molecule has 2 aliphatic rings. The molecule has 3 atom stereocenters. The Morgan fingerprint density at radius 2 is 1.73 bits per heavy atom. The number of carboxylic acids is 1. The Labute approximate surface area is 372 Å². The summed E-state index contributed by atoms with van der Waals surface area (Å²) in [6.45, 7) is 7.75. The van der Waals surface area contributed by atoms with Gasteiger partial charge in [0.05, 0.1) is 5.69 Å². The van der Waals surface area contributed by atoms with Crippen LogP contribution in [0, 0.1) is 33.7 Å². The number of aromatic amines is 1. The van der Waals surface area contributed by atoms with E-state index in [-0.39, 0.29) is 23.8 Å². The van der Waals surface area contributed by atoms with Gasteiger partial charge >= 0.3 is 253 Å². The third kappa shape index (κ3) is 12.2. The second kappa shape index (κ2) is 19.8. The molecule has 2 amide bonds. The van der Waals surface area contributed by atoms with E-state index < -0.39 is 51.4 Å².